The Morgan fingerprint density at radius 3 is 2.55 bits per heavy atom. The van der Waals surface area contributed by atoms with Crippen molar-refractivity contribution < 1.29 is 14.9 Å². The number of hydrogen-bond acceptors (Lipinski definition) is 5. The normalized spacial score (nSPS) is 12.8. The highest BCUT2D eigenvalue weighted by molar-refractivity contribution is 5.34. The van der Waals surface area contributed by atoms with E-state index in [-0.39, 0.29) is 18.6 Å². The van der Waals surface area contributed by atoms with Gasteiger partial charge in [-0.25, -0.2) is 0 Å². The minimum atomic E-state index is -0.625. The van der Waals surface area contributed by atoms with Gasteiger partial charge in [0, 0.05) is 25.1 Å². The highest BCUT2D eigenvalue weighted by Crippen LogP contribution is 2.12. The summed E-state index contributed by atoms with van der Waals surface area (Å²) >= 11 is 0. The molecule has 0 amide bonds. The molecule has 20 heavy (non-hydrogen) atoms. The third kappa shape index (κ3) is 6.02. The molecule has 1 aromatic rings. The fourth-order valence-electron chi connectivity index (χ4n) is 1.51. The Kier molecular flexibility index (Phi) is 6.46. The number of nitrogens with zero attached hydrogens (tertiary/aromatic N) is 1. The third-order valence-corrected chi connectivity index (χ3v) is 2.84. The molecule has 0 saturated carbocycles. The number of benzene rings is 1. The van der Waals surface area contributed by atoms with E-state index in [1.54, 1.807) is 24.3 Å². The van der Waals surface area contributed by atoms with Crippen molar-refractivity contribution >= 4 is 0 Å². The van der Waals surface area contributed by atoms with Crippen LogP contribution in [0.25, 0.3) is 0 Å². The zero-order chi connectivity index (χ0) is 15.0. The fourth-order valence-corrected chi connectivity index (χ4v) is 1.51. The maximum absolute atomic E-state index is 9.78. The van der Waals surface area contributed by atoms with Crippen LogP contribution >= 0.6 is 0 Å². The first kappa shape index (κ1) is 16.4. The van der Waals surface area contributed by atoms with Gasteiger partial charge >= 0.3 is 0 Å². The van der Waals surface area contributed by atoms with Gasteiger partial charge in [-0.2, -0.15) is 5.26 Å². The van der Waals surface area contributed by atoms with E-state index in [1.807, 2.05) is 19.9 Å². The molecule has 0 aliphatic heterocycles. The minimum Gasteiger partial charge on any atom is -0.491 e. The number of nitriles is 1. The molecule has 0 aromatic heterocycles. The van der Waals surface area contributed by atoms with Crippen molar-refractivity contribution in [3.05, 3.63) is 29.8 Å². The molecule has 1 atom stereocenters. The molecule has 0 fully saturated rings. The molecule has 0 bridgehead atoms. The molecule has 3 N–H and O–H groups in total. The van der Waals surface area contributed by atoms with Gasteiger partial charge in [-0.15, -0.1) is 0 Å². The van der Waals surface area contributed by atoms with Crippen LogP contribution in [0.4, 0.5) is 0 Å². The second-order valence-corrected chi connectivity index (χ2v) is 5.55. The zero-order valence-electron chi connectivity index (χ0n) is 12.0. The molecule has 110 valence electrons. The first-order valence-electron chi connectivity index (χ1n) is 6.59. The van der Waals surface area contributed by atoms with Crippen LogP contribution in [0.3, 0.4) is 0 Å². The average molecular weight is 278 g/mol. The monoisotopic (exact) mass is 278 g/mol. The van der Waals surface area contributed by atoms with E-state index >= 15 is 0 Å². The Morgan fingerprint density at radius 1 is 1.35 bits per heavy atom. The molecular formula is C15H22N2O3. The summed E-state index contributed by atoms with van der Waals surface area (Å²) < 4.78 is 5.43. The van der Waals surface area contributed by atoms with Crippen molar-refractivity contribution in [2.75, 3.05) is 26.3 Å². The quantitative estimate of drug-likeness (QED) is 0.658. The van der Waals surface area contributed by atoms with Crippen LogP contribution in [-0.4, -0.2) is 42.6 Å². The lowest BCUT2D eigenvalue weighted by Crippen LogP contribution is -2.38. The van der Waals surface area contributed by atoms with Gasteiger partial charge in [-0.05, 0) is 24.3 Å². The van der Waals surface area contributed by atoms with E-state index in [2.05, 4.69) is 5.32 Å². The SMILES string of the molecule is CC(C)(CO)CNCC(O)COc1ccc(C#N)cc1. The molecule has 0 heterocycles. The minimum absolute atomic E-state index is 0.0951. The highest BCUT2D eigenvalue weighted by atomic mass is 16.5. The maximum atomic E-state index is 9.78. The molecule has 0 radical (unpaired) electrons. The maximum Gasteiger partial charge on any atom is 0.119 e. The van der Waals surface area contributed by atoms with E-state index in [9.17, 15) is 5.11 Å². The van der Waals surface area contributed by atoms with Gasteiger partial charge < -0.3 is 20.3 Å². The molecule has 1 aromatic carbocycles. The second kappa shape index (κ2) is 7.85. The predicted octanol–water partition coefficient (Wildman–Crippen LogP) is 0.906. The van der Waals surface area contributed by atoms with Crippen LogP contribution in [0.15, 0.2) is 24.3 Å². The number of ether oxygens (including phenoxy) is 1. The Morgan fingerprint density at radius 2 is 2.00 bits per heavy atom. The highest BCUT2D eigenvalue weighted by Gasteiger charge is 2.16. The molecule has 1 unspecified atom stereocenters. The molecule has 0 aliphatic carbocycles. The summed E-state index contributed by atoms with van der Waals surface area (Å²) in [4.78, 5) is 0. The molecule has 0 aliphatic rings. The van der Waals surface area contributed by atoms with Crippen molar-refractivity contribution in [3.63, 3.8) is 0 Å². The summed E-state index contributed by atoms with van der Waals surface area (Å²) in [5.74, 6) is 0.624. The molecule has 0 saturated heterocycles. The van der Waals surface area contributed by atoms with Gasteiger partial charge in [0.25, 0.3) is 0 Å². The van der Waals surface area contributed by atoms with Crippen molar-refractivity contribution in [2.24, 2.45) is 5.41 Å². The summed E-state index contributed by atoms with van der Waals surface area (Å²) in [7, 11) is 0. The van der Waals surface area contributed by atoms with Crippen LogP contribution in [0, 0.1) is 16.7 Å². The Balaban J connectivity index is 2.25. The fraction of sp³-hybridized carbons (Fsp3) is 0.533. The predicted molar refractivity (Wildman–Crippen MR) is 76.4 cm³/mol. The second-order valence-electron chi connectivity index (χ2n) is 5.55. The first-order valence-corrected chi connectivity index (χ1v) is 6.59. The third-order valence-electron chi connectivity index (χ3n) is 2.84. The van der Waals surface area contributed by atoms with Gasteiger partial charge in [-0.1, -0.05) is 13.8 Å². The Hall–Kier alpha value is -1.61. The number of aliphatic hydroxyl groups is 2. The standard InChI is InChI=1S/C15H22N2O3/c1-15(2,11-18)10-17-8-13(19)9-20-14-5-3-12(7-16)4-6-14/h3-6,13,17-19H,8-11H2,1-2H3. The van der Waals surface area contributed by atoms with Crippen LogP contribution in [0.2, 0.25) is 0 Å². The summed E-state index contributed by atoms with van der Waals surface area (Å²) in [6, 6.07) is 8.78. The van der Waals surface area contributed by atoms with Crippen molar-refractivity contribution in [2.45, 2.75) is 20.0 Å². The van der Waals surface area contributed by atoms with Gasteiger partial charge in [0.05, 0.1) is 11.6 Å². The topological polar surface area (TPSA) is 85.5 Å². The number of rotatable bonds is 8. The number of hydrogen-bond donors (Lipinski definition) is 3. The smallest absolute Gasteiger partial charge is 0.119 e. The van der Waals surface area contributed by atoms with E-state index in [0.29, 0.717) is 24.4 Å². The lowest BCUT2D eigenvalue weighted by atomic mass is 9.95. The summed E-state index contributed by atoms with van der Waals surface area (Å²) in [6.07, 6.45) is -0.625. The van der Waals surface area contributed by atoms with Crippen molar-refractivity contribution in [3.8, 4) is 11.8 Å². The Bertz CT molecular complexity index is 437. The largest absolute Gasteiger partial charge is 0.491 e. The first-order chi connectivity index (χ1) is 9.46. The van der Waals surface area contributed by atoms with Crippen LogP contribution in [0.5, 0.6) is 5.75 Å². The van der Waals surface area contributed by atoms with Crippen molar-refractivity contribution in [1.82, 2.24) is 5.32 Å². The van der Waals surface area contributed by atoms with Gasteiger partial charge in [0.2, 0.25) is 0 Å². The Labute approximate surface area is 119 Å². The lowest BCUT2D eigenvalue weighted by Gasteiger charge is -2.23. The molecule has 0 spiro atoms. The van der Waals surface area contributed by atoms with Crippen molar-refractivity contribution in [1.29, 1.82) is 5.26 Å². The number of nitrogens with one attached hydrogen (secondary N) is 1. The van der Waals surface area contributed by atoms with Crippen LogP contribution < -0.4 is 10.1 Å². The molecule has 1 rings (SSSR count). The van der Waals surface area contributed by atoms with E-state index < -0.39 is 6.10 Å². The van der Waals surface area contributed by atoms with Crippen LogP contribution in [-0.2, 0) is 0 Å². The summed E-state index contributed by atoms with van der Waals surface area (Å²) in [5.41, 5.74) is 0.374. The van der Waals surface area contributed by atoms with E-state index in [1.165, 1.54) is 0 Å². The van der Waals surface area contributed by atoms with E-state index in [0.717, 1.165) is 0 Å². The molecular weight excluding hydrogens is 256 g/mol. The average Bonchev–Trinajstić information content (AvgIpc) is 2.45. The summed E-state index contributed by atoms with van der Waals surface area (Å²) in [6.45, 7) is 5.19. The van der Waals surface area contributed by atoms with Gasteiger partial charge in [0.15, 0.2) is 0 Å². The van der Waals surface area contributed by atoms with Crippen LogP contribution in [0.1, 0.15) is 19.4 Å². The van der Waals surface area contributed by atoms with Gasteiger partial charge in [-0.3, -0.25) is 0 Å². The number of aliphatic hydroxyl groups excluding tert-OH is 2. The molecule has 5 nitrogen and oxygen atoms in total. The van der Waals surface area contributed by atoms with E-state index in [4.69, 9.17) is 15.1 Å². The lowest BCUT2D eigenvalue weighted by molar-refractivity contribution is 0.0980. The zero-order valence-corrected chi connectivity index (χ0v) is 12.0. The molecule has 5 heteroatoms. The van der Waals surface area contributed by atoms with Gasteiger partial charge in [0.1, 0.15) is 18.5 Å². The summed E-state index contributed by atoms with van der Waals surface area (Å²) in [5, 5.41) is 30.7.